The molecule has 1 heterocycles. The van der Waals surface area contributed by atoms with Gasteiger partial charge in [0.2, 0.25) is 0 Å². The Morgan fingerprint density at radius 1 is 1.14 bits per heavy atom. The minimum absolute atomic E-state index is 0.0402. The molecule has 4 fully saturated rings. The monoisotopic (exact) mass is 418 g/mol. The first-order chi connectivity index (χ1) is 14.1. The number of hydrogen-bond donors (Lipinski definition) is 3. The third kappa shape index (κ3) is 5.12. The second kappa shape index (κ2) is 9.32. The lowest BCUT2D eigenvalue weighted by Crippen LogP contribution is -2.51. The van der Waals surface area contributed by atoms with E-state index in [1.807, 2.05) is 13.1 Å². The Hall–Kier alpha value is -1.17. The van der Waals surface area contributed by atoms with Gasteiger partial charge in [-0.05, 0) is 94.2 Å². The third-order valence-electron chi connectivity index (χ3n) is 7.28. The summed E-state index contributed by atoms with van der Waals surface area (Å²) in [5.74, 6) is 2.66. The Labute approximate surface area is 179 Å². The molecule has 4 aliphatic rings. The zero-order valence-electron chi connectivity index (χ0n) is 17.6. The van der Waals surface area contributed by atoms with Crippen molar-refractivity contribution in [3.8, 4) is 0 Å². The molecule has 0 spiro atoms. The van der Waals surface area contributed by atoms with Crippen LogP contribution in [0.2, 0.25) is 5.02 Å². The van der Waals surface area contributed by atoms with Crippen LogP contribution in [-0.4, -0.2) is 44.1 Å². The predicted molar refractivity (Wildman–Crippen MR) is 117 cm³/mol. The number of aromatic nitrogens is 1. The summed E-state index contributed by atoms with van der Waals surface area (Å²) < 4.78 is 0. The largest absolute Gasteiger partial charge is 0.351 e. The molecule has 1 aromatic rings. The number of nitrogens with zero attached hydrogens (tertiary/aromatic N) is 1. The van der Waals surface area contributed by atoms with Crippen LogP contribution in [0.3, 0.4) is 0 Å². The van der Waals surface area contributed by atoms with Gasteiger partial charge in [-0.1, -0.05) is 11.6 Å². The van der Waals surface area contributed by atoms with Crippen LogP contribution in [0, 0.1) is 23.2 Å². The van der Waals surface area contributed by atoms with Crippen LogP contribution in [0.4, 0.5) is 0 Å². The number of aryl methyl sites for hydroxylation is 1. The van der Waals surface area contributed by atoms with E-state index in [2.05, 4.69) is 20.9 Å². The molecular formula is C23H35ClN4O. The molecule has 0 aliphatic heterocycles. The van der Waals surface area contributed by atoms with Gasteiger partial charge in [-0.3, -0.25) is 9.78 Å². The van der Waals surface area contributed by atoms with Crippen molar-refractivity contribution in [2.75, 3.05) is 33.2 Å². The molecule has 1 amide bonds. The number of carbonyl (C=O) groups excluding carboxylic acids is 1. The van der Waals surface area contributed by atoms with E-state index in [9.17, 15) is 4.79 Å². The number of amides is 1. The topological polar surface area (TPSA) is 66.0 Å². The minimum Gasteiger partial charge on any atom is -0.351 e. The molecule has 160 valence electrons. The SMILES string of the molecule is CNCCNCCCc1cc(C(=O)NCC23CC4CC(CC(C4)C2)C3)c(Cl)cn1. The van der Waals surface area contributed by atoms with Gasteiger partial charge in [-0.2, -0.15) is 0 Å². The van der Waals surface area contributed by atoms with E-state index in [-0.39, 0.29) is 5.91 Å². The number of rotatable bonds is 10. The fourth-order valence-corrected chi connectivity index (χ4v) is 6.58. The zero-order chi connectivity index (χ0) is 20.3. The lowest BCUT2D eigenvalue weighted by Gasteiger charge is -2.56. The fourth-order valence-electron chi connectivity index (χ4n) is 6.40. The Kier molecular flexibility index (Phi) is 6.77. The van der Waals surface area contributed by atoms with Crippen LogP contribution in [0.25, 0.3) is 0 Å². The van der Waals surface area contributed by atoms with Crippen LogP contribution in [0.15, 0.2) is 12.3 Å². The molecule has 5 nitrogen and oxygen atoms in total. The first-order valence-electron chi connectivity index (χ1n) is 11.3. The molecule has 0 unspecified atom stereocenters. The minimum atomic E-state index is -0.0402. The van der Waals surface area contributed by atoms with E-state index in [1.165, 1.54) is 38.5 Å². The van der Waals surface area contributed by atoms with Gasteiger partial charge in [-0.15, -0.1) is 0 Å². The summed E-state index contributed by atoms with van der Waals surface area (Å²) in [5.41, 5.74) is 1.85. The van der Waals surface area contributed by atoms with Crippen molar-refractivity contribution in [2.45, 2.75) is 51.4 Å². The van der Waals surface area contributed by atoms with Crippen LogP contribution in [0.1, 0.15) is 61.0 Å². The van der Waals surface area contributed by atoms with Gasteiger partial charge in [0.05, 0.1) is 10.6 Å². The van der Waals surface area contributed by atoms with Gasteiger partial charge >= 0.3 is 0 Å². The molecule has 4 aliphatic carbocycles. The van der Waals surface area contributed by atoms with Crippen molar-refractivity contribution in [1.29, 1.82) is 0 Å². The molecule has 5 rings (SSSR count). The van der Waals surface area contributed by atoms with Crippen LogP contribution < -0.4 is 16.0 Å². The standard InChI is InChI=1S/C23H35ClN4O/c1-25-5-6-26-4-2-3-19-10-20(21(24)14-27-19)22(29)28-15-23-11-16-7-17(12-23)9-18(8-16)13-23/h10,14,16-18,25-26H,2-9,11-13,15H2,1H3,(H,28,29). The van der Waals surface area contributed by atoms with E-state index >= 15 is 0 Å². The third-order valence-corrected chi connectivity index (χ3v) is 7.59. The van der Waals surface area contributed by atoms with E-state index in [0.717, 1.165) is 62.5 Å². The maximum Gasteiger partial charge on any atom is 0.252 e. The lowest BCUT2D eigenvalue weighted by molar-refractivity contribution is -0.0503. The normalized spacial score (nSPS) is 29.9. The quantitative estimate of drug-likeness (QED) is 0.509. The molecule has 4 saturated carbocycles. The predicted octanol–water partition coefficient (Wildman–Crippen LogP) is 3.42. The van der Waals surface area contributed by atoms with Gasteiger partial charge in [0, 0.05) is 31.5 Å². The Morgan fingerprint density at radius 3 is 2.48 bits per heavy atom. The van der Waals surface area contributed by atoms with Gasteiger partial charge < -0.3 is 16.0 Å². The number of likely N-dealkylation sites (N-methyl/N-ethyl adjacent to an activating group) is 1. The Bertz CT molecular complexity index is 688. The lowest BCUT2D eigenvalue weighted by atomic mass is 9.49. The van der Waals surface area contributed by atoms with E-state index in [4.69, 9.17) is 11.6 Å². The van der Waals surface area contributed by atoms with Crippen LogP contribution in [-0.2, 0) is 6.42 Å². The molecule has 6 heteroatoms. The van der Waals surface area contributed by atoms with Crippen molar-refractivity contribution < 1.29 is 4.79 Å². The summed E-state index contributed by atoms with van der Waals surface area (Å²) in [4.78, 5) is 17.3. The summed E-state index contributed by atoms with van der Waals surface area (Å²) >= 11 is 6.32. The first-order valence-corrected chi connectivity index (χ1v) is 11.7. The molecule has 29 heavy (non-hydrogen) atoms. The average Bonchev–Trinajstić information content (AvgIpc) is 2.69. The fraction of sp³-hybridized carbons (Fsp3) is 0.739. The number of hydrogen-bond acceptors (Lipinski definition) is 4. The van der Waals surface area contributed by atoms with E-state index in [1.54, 1.807) is 6.20 Å². The summed E-state index contributed by atoms with van der Waals surface area (Å²) in [5, 5.41) is 10.2. The highest BCUT2D eigenvalue weighted by molar-refractivity contribution is 6.33. The highest BCUT2D eigenvalue weighted by Crippen LogP contribution is 2.59. The molecule has 0 atom stereocenters. The van der Waals surface area contributed by atoms with Crippen molar-refractivity contribution in [1.82, 2.24) is 20.9 Å². The summed E-state index contributed by atoms with van der Waals surface area (Å²) in [6, 6.07) is 1.88. The molecule has 3 N–H and O–H groups in total. The van der Waals surface area contributed by atoms with Crippen LogP contribution in [0.5, 0.6) is 0 Å². The smallest absolute Gasteiger partial charge is 0.252 e. The molecule has 0 aromatic carbocycles. The maximum atomic E-state index is 12.9. The van der Waals surface area contributed by atoms with Crippen molar-refractivity contribution >= 4 is 17.5 Å². The van der Waals surface area contributed by atoms with Crippen molar-refractivity contribution in [3.63, 3.8) is 0 Å². The summed E-state index contributed by atoms with van der Waals surface area (Å²) in [7, 11) is 1.95. The molecule has 1 aromatic heterocycles. The summed E-state index contributed by atoms with van der Waals surface area (Å²) in [6.07, 6.45) is 11.7. The number of halogens is 1. The Morgan fingerprint density at radius 2 is 1.83 bits per heavy atom. The number of nitrogens with one attached hydrogen (secondary N) is 3. The summed E-state index contributed by atoms with van der Waals surface area (Å²) in [6.45, 7) is 3.67. The first kappa shape index (κ1) is 21.1. The zero-order valence-corrected chi connectivity index (χ0v) is 18.4. The van der Waals surface area contributed by atoms with Crippen molar-refractivity contribution in [3.05, 3.63) is 28.5 Å². The van der Waals surface area contributed by atoms with Gasteiger partial charge in [0.25, 0.3) is 5.91 Å². The number of carbonyl (C=O) groups is 1. The van der Waals surface area contributed by atoms with Crippen molar-refractivity contribution in [2.24, 2.45) is 23.2 Å². The van der Waals surface area contributed by atoms with Gasteiger partial charge in [0.15, 0.2) is 0 Å². The average molecular weight is 419 g/mol. The maximum absolute atomic E-state index is 12.9. The second-order valence-corrected chi connectivity index (χ2v) is 10.1. The van der Waals surface area contributed by atoms with Gasteiger partial charge in [0.1, 0.15) is 0 Å². The molecule has 0 saturated heterocycles. The molecule has 0 radical (unpaired) electrons. The number of pyridine rings is 1. The molecule has 4 bridgehead atoms. The van der Waals surface area contributed by atoms with E-state index in [0.29, 0.717) is 16.0 Å². The van der Waals surface area contributed by atoms with Gasteiger partial charge in [-0.25, -0.2) is 0 Å². The molecular weight excluding hydrogens is 384 g/mol. The van der Waals surface area contributed by atoms with Crippen LogP contribution >= 0.6 is 11.6 Å². The Balaban J connectivity index is 1.30. The second-order valence-electron chi connectivity index (χ2n) is 9.71. The van der Waals surface area contributed by atoms with E-state index < -0.39 is 0 Å². The highest BCUT2D eigenvalue weighted by atomic mass is 35.5. The highest BCUT2D eigenvalue weighted by Gasteiger charge is 2.50.